The summed E-state index contributed by atoms with van der Waals surface area (Å²) in [6, 6.07) is 0. The van der Waals surface area contributed by atoms with Crippen molar-refractivity contribution in [1.29, 1.82) is 0 Å². The van der Waals surface area contributed by atoms with Gasteiger partial charge in [-0.25, -0.2) is 0 Å². The summed E-state index contributed by atoms with van der Waals surface area (Å²) in [5.74, 6) is -0.00860. The van der Waals surface area contributed by atoms with Crippen LogP contribution in [0.2, 0.25) is 0 Å². The van der Waals surface area contributed by atoms with Gasteiger partial charge in [-0.3, -0.25) is 0 Å². The molecule has 1 heterocycles. The number of hydrogen-bond donors (Lipinski definition) is 3. The summed E-state index contributed by atoms with van der Waals surface area (Å²) in [6.45, 7) is 3.61. The predicted octanol–water partition coefficient (Wildman–Crippen LogP) is -0.197. The number of hydrogen-bond acceptors (Lipinski definition) is 5. The highest BCUT2D eigenvalue weighted by atomic mass is 16.5. The highest BCUT2D eigenvalue weighted by molar-refractivity contribution is 4.93. The number of azide groups is 1. The van der Waals surface area contributed by atoms with Crippen molar-refractivity contribution in [2.24, 2.45) is 11.0 Å². The third-order valence-electron chi connectivity index (χ3n) is 2.73. The predicted molar refractivity (Wildman–Crippen MR) is 55.5 cm³/mol. The van der Waals surface area contributed by atoms with E-state index in [1.807, 2.05) is 13.8 Å². The highest BCUT2D eigenvalue weighted by Gasteiger charge is 2.44. The van der Waals surface area contributed by atoms with E-state index < -0.39 is 30.5 Å². The van der Waals surface area contributed by atoms with Gasteiger partial charge < -0.3 is 20.1 Å². The molecule has 0 saturated carbocycles. The zero-order chi connectivity index (χ0) is 12.3. The molecule has 0 aromatic rings. The lowest BCUT2D eigenvalue weighted by Gasteiger charge is -2.42. The Kier molecular flexibility index (Phi) is 4.52. The SMILES string of the molecule is CC(C)[C@@H]1OC(CN=[N+]=[N-])[C@H](O)C(O)[C@H]1O. The van der Waals surface area contributed by atoms with Crippen LogP contribution in [-0.4, -0.2) is 52.4 Å². The minimum absolute atomic E-state index is 0.00860. The highest BCUT2D eigenvalue weighted by Crippen LogP contribution is 2.25. The summed E-state index contributed by atoms with van der Waals surface area (Å²) in [5, 5.41) is 32.2. The zero-order valence-corrected chi connectivity index (χ0v) is 9.26. The van der Waals surface area contributed by atoms with Gasteiger partial charge in [-0.1, -0.05) is 19.0 Å². The maximum Gasteiger partial charge on any atom is 0.111 e. The first-order chi connectivity index (χ1) is 7.49. The number of aliphatic hydroxyl groups is 3. The molecule has 0 aromatic heterocycles. The Hall–Kier alpha value is -0.850. The number of rotatable bonds is 3. The van der Waals surface area contributed by atoms with Crippen LogP contribution in [0.1, 0.15) is 13.8 Å². The molecule has 1 saturated heterocycles. The maximum absolute atomic E-state index is 9.68. The van der Waals surface area contributed by atoms with Gasteiger partial charge in [0.25, 0.3) is 0 Å². The van der Waals surface area contributed by atoms with Crippen LogP contribution in [-0.2, 0) is 4.74 Å². The van der Waals surface area contributed by atoms with Gasteiger partial charge in [0.2, 0.25) is 0 Å². The van der Waals surface area contributed by atoms with Crippen molar-refractivity contribution in [3.8, 4) is 0 Å². The van der Waals surface area contributed by atoms with Crippen molar-refractivity contribution in [2.45, 2.75) is 44.4 Å². The van der Waals surface area contributed by atoms with E-state index in [1.54, 1.807) is 0 Å². The van der Waals surface area contributed by atoms with Gasteiger partial charge in [-0.05, 0) is 11.4 Å². The number of ether oxygens (including phenoxy) is 1. The largest absolute Gasteiger partial charge is 0.388 e. The number of nitrogens with zero attached hydrogens (tertiary/aromatic N) is 3. The summed E-state index contributed by atoms with van der Waals surface area (Å²) < 4.78 is 5.42. The van der Waals surface area contributed by atoms with Crippen LogP contribution < -0.4 is 0 Å². The summed E-state index contributed by atoms with van der Waals surface area (Å²) in [4.78, 5) is 2.57. The lowest BCUT2D eigenvalue weighted by molar-refractivity contribution is -0.228. The second kappa shape index (κ2) is 5.47. The monoisotopic (exact) mass is 231 g/mol. The topological polar surface area (TPSA) is 119 Å². The van der Waals surface area contributed by atoms with Crippen LogP contribution in [0.3, 0.4) is 0 Å². The first kappa shape index (κ1) is 13.2. The van der Waals surface area contributed by atoms with E-state index in [0.29, 0.717) is 0 Å². The van der Waals surface area contributed by atoms with Crippen LogP contribution in [0.5, 0.6) is 0 Å². The summed E-state index contributed by atoms with van der Waals surface area (Å²) in [7, 11) is 0. The van der Waals surface area contributed by atoms with E-state index in [2.05, 4.69) is 10.0 Å². The van der Waals surface area contributed by atoms with Gasteiger partial charge >= 0.3 is 0 Å². The van der Waals surface area contributed by atoms with Gasteiger partial charge in [-0.15, -0.1) is 0 Å². The van der Waals surface area contributed by atoms with Crippen LogP contribution in [0.25, 0.3) is 10.4 Å². The van der Waals surface area contributed by atoms with Crippen molar-refractivity contribution < 1.29 is 20.1 Å². The molecule has 7 heteroatoms. The average Bonchev–Trinajstić information content (AvgIpc) is 2.24. The Bertz CT molecular complexity index is 280. The molecule has 0 bridgehead atoms. The Morgan fingerprint density at radius 3 is 2.38 bits per heavy atom. The van der Waals surface area contributed by atoms with Crippen LogP contribution in [0.4, 0.5) is 0 Å². The third-order valence-corrected chi connectivity index (χ3v) is 2.73. The second-order valence-electron chi connectivity index (χ2n) is 4.27. The minimum atomic E-state index is -1.28. The maximum atomic E-state index is 9.68. The molecule has 2 unspecified atom stereocenters. The van der Waals surface area contributed by atoms with Crippen LogP contribution in [0.15, 0.2) is 5.11 Å². The van der Waals surface area contributed by atoms with E-state index in [0.717, 1.165) is 0 Å². The minimum Gasteiger partial charge on any atom is -0.388 e. The van der Waals surface area contributed by atoms with Crippen molar-refractivity contribution in [2.75, 3.05) is 6.54 Å². The summed E-state index contributed by atoms with van der Waals surface area (Å²) in [5.41, 5.74) is 8.19. The van der Waals surface area contributed by atoms with Gasteiger partial charge in [0, 0.05) is 4.91 Å². The van der Waals surface area contributed by atoms with Gasteiger partial charge in [0.15, 0.2) is 0 Å². The first-order valence-corrected chi connectivity index (χ1v) is 5.19. The molecule has 16 heavy (non-hydrogen) atoms. The van der Waals surface area contributed by atoms with E-state index >= 15 is 0 Å². The molecule has 0 aromatic carbocycles. The van der Waals surface area contributed by atoms with Crippen LogP contribution >= 0.6 is 0 Å². The Morgan fingerprint density at radius 1 is 1.25 bits per heavy atom. The summed E-state index contributed by atoms with van der Waals surface area (Å²) >= 11 is 0. The lowest BCUT2D eigenvalue weighted by atomic mass is 9.89. The molecule has 1 rings (SSSR count). The molecule has 3 N–H and O–H groups in total. The molecule has 0 amide bonds. The van der Waals surface area contributed by atoms with E-state index in [9.17, 15) is 15.3 Å². The normalized spacial score (nSPS) is 39.5. The Labute approximate surface area is 93.3 Å². The van der Waals surface area contributed by atoms with Gasteiger partial charge in [0.05, 0.1) is 18.8 Å². The van der Waals surface area contributed by atoms with Crippen molar-refractivity contribution in [3.63, 3.8) is 0 Å². The van der Waals surface area contributed by atoms with Gasteiger partial charge in [-0.2, -0.15) is 0 Å². The molecule has 1 aliphatic heterocycles. The zero-order valence-electron chi connectivity index (χ0n) is 9.26. The molecule has 0 spiro atoms. The molecule has 92 valence electrons. The lowest BCUT2D eigenvalue weighted by Crippen LogP contribution is -2.59. The smallest absolute Gasteiger partial charge is 0.111 e. The molecule has 0 aliphatic carbocycles. The first-order valence-electron chi connectivity index (χ1n) is 5.19. The van der Waals surface area contributed by atoms with E-state index in [4.69, 9.17) is 10.3 Å². The quantitative estimate of drug-likeness (QED) is 0.354. The van der Waals surface area contributed by atoms with Crippen LogP contribution in [0, 0.1) is 5.92 Å². The Morgan fingerprint density at radius 2 is 1.88 bits per heavy atom. The molecule has 1 aliphatic rings. The number of aliphatic hydroxyl groups excluding tert-OH is 3. The molecule has 5 atom stereocenters. The van der Waals surface area contributed by atoms with E-state index in [1.165, 1.54) is 0 Å². The average molecular weight is 231 g/mol. The van der Waals surface area contributed by atoms with Gasteiger partial charge in [0.1, 0.15) is 18.3 Å². The summed E-state index contributed by atoms with van der Waals surface area (Å²) in [6.07, 6.45) is -4.99. The molecule has 0 radical (unpaired) electrons. The van der Waals surface area contributed by atoms with Crippen molar-refractivity contribution in [3.05, 3.63) is 10.4 Å². The Balaban J connectivity index is 2.76. The standard InChI is InChI=1S/C9H17N3O4/c1-4(2)9-8(15)7(14)6(13)5(16-9)3-11-12-10/h4-9,13-15H,3H2,1-2H3/t5?,6-,7?,8+,9-/m0/s1. The molecule has 7 nitrogen and oxygen atoms in total. The molecular formula is C9H17N3O4. The van der Waals surface area contributed by atoms with E-state index in [-0.39, 0.29) is 12.5 Å². The fraction of sp³-hybridized carbons (Fsp3) is 1.00. The van der Waals surface area contributed by atoms with Crippen molar-refractivity contribution >= 4 is 0 Å². The third kappa shape index (κ3) is 2.63. The second-order valence-corrected chi connectivity index (χ2v) is 4.27. The fourth-order valence-corrected chi connectivity index (χ4v) is 1.80. The molecular weight excluding hydrogens is 214 g/mol. The molecule has 1 fully saturated rings. The fourth-order valence-electron chi connectivity index (χ4n) is 1.80. The van der Waals surface area contributed by atoms with Crippen molar-refractivity contribution in [1.82, 2.24) is 0 Å².